The van der Waals surface area contributed by atoms with Crippen LogP contribution in [0, 0.1) is 0 Å². The van der Waals surface area contributed by atoms with Gasteiger partial charge in [0.2, 0.25) is 0 Å². The van der Waals surface area contributed by atoms with Gasteiger partial charge in [0.25, 0.3) is 5.91 Å². The van der Waals surface area contributed by atoms with E-state index in [-0.39, 0.29) is 0 Å². The Morgan fingerprint density at radius 1 is 1.35 bits per heavy atom. The van der Waals surface area contributed by atoms with Crippen LogP contribution in [0.4, 0.5) is 5.69 Å². The first-order valence-electron chi connectivity index (χ1n) is 6.37. The largest absolute Gasteiger partial charge is 0.380 e. The number of pyridine rings is 1. The van der Waals surface area contributed by atoms with Gasteiger partial charge in [0.05, 0.1) is 11.3 Å². The number of halogens is 1. The summed E-state index contributed by atoms with van der Waals surface area (Å²) in [5, 5.41) is 3.50. The van der Waals surface area contributed by atoms with Crippen molar-refractivity contribution >= 4 is 23.2 Å². The number of amides is 1. The molecule has 2 rings (SSSR count). The Balaban J connectivity index is 2.17. The molecule has 5 heteroatoms. The maximum absolute atomic E-state index is 11.3. The van der Waals surface area contributed by atoms with Gasteiger partial charge in [-0.1, -0.05) is 42.8 Å². The van der Waals surface area contributed by atoms with Crippen molar-refractivity contribution < 1.29 is 4.79 Å². The number of carbonyl (C=O) groups is 1. The maximum atomic E-state index is 11.3. The molecule has 0 saturated heterocycles. The zero-order chi connectivity index (χ0) is 14.5. The Bertz CT molecular complexity index is 628. The summed E-state index contributed by atoms with van der Waals surface area (Å²) in [6.45, 7) is 2.70. The fraction of sp³-hybridized carbons (Fsp3) is 0.200. The summed E-state index contributed by atoms with van der Waals surface area (Å²) >= 11 is 5.85. The number of carbonyl (C=O) groups excluding carboxylic acids is 1. The van der Waals surface area contributed by atoms with E-state index in [2.05, 4.69) is 29.4 Å². The fourth-order valence-electron chi connectivity index (χ4n) is 1.93. The minimum atomic E-state index is -0.529. The zero-order valence-electron chi connectivity index (χ0n) is 11.2. The van der Waals surface area contributed by atoms with Crippen LogP contribution in [0.15, 0.2) is 36.5 Å². The molecule has 104 valence electrons. The van der Waals surface area contributed by atoms with Crippen LogP contribution in [-0.2, 0) is 13.0 Å². The van der Waals surface area contributed by atoms with E-state index in [9.17, 15) is 4.79 Å². The Kier molecular flexibility index (Phi) is 4.58. The van der Waals surface area contributed by atoms with Crippen molar-refractivity contribution in [2.45, 2.75) is 19.9 Å². The van der Waals surface area contributed by atoms with Crippen LogP contribution in [0.1, 0.15) is 28.4 Å². The van der Waals surface area contributed by atoms with Crippen LogP contribution in [0.25, 0.3) is 0 Å². The third-order valence-electron chi connectivity index (χ3n) is 3.02. The molecule has 0 unspecified atom stereocenters. The molecule has 0 aliphatic carbocycles. The second kappa shape index (κ2) is 6.39. The molecule has 0 saturated carbocycles. The summed E-state index contributed by atoms with van der Waals surface area (Å²) in [4.78, 5) is 15.2. The van der Waals surface area contributed by atoms with Crippen molar-refractivity contribution in [3.05, 3.63) is 58.4 Å². The normalized spacial score (nSPS) is 10.3. The predicted octanol–water partition coefficient (Wildman–Crippen LogP) is 3.01. The summed E-state index contributed by atoms with van der Waals surface area (Å²) in [5.74, 6) is -0.529. The van der Waals surface area contributed by atoms with Crippen LogP contribution in [0.3, 0.4) is 0 Å². The van der Waals surface area contributed by atoms with Gasteiger partial charge in [-0.15, -0.1) is 0 Å². The van der Waals surface area contributed by atoms with Crippen molar-refractivity contribution in [2.24, 2.45) is 5.73 Å². The average molecular weight is 290 g/mol. The van der Waals surface area contributed by atoms with Gasteiger partial charge in [0.15, 0.2) is 0 Å². The molecule has 0 aliphatic heterocycles. The summed E-state index contributed by atoms with van der Waals surface area (Å²) in [6.07, 6.45) is 2.37. The number of primary amides is 1. The van der Waals surface area contributed by atoms with Crippen LogP contribution in [0.2, 0.25) is 5.15 Å². The second-order valence-corrected chi connectivity index (χ2v) is 4.83. The first kappa shape index (κ1) is 14.3. The molecule has 1 aromatic heterocycles. The maximum Gasteiger partial charge on any atom is 0.252 e. The van der Waals surface area contributed by atoms with Crippen molar-refractivity contribution in [2.75, 3.05) is 5.32 Å². The first-order valence-corrected chi connectivity index (χ1v) is 6.75. The predicted molar refractivity (Wildman–Crippen MR) is 80.9 cm³/mol. The monoisotopic (exact) mass is 289 g/mol. The molecule has 4 nitrogen and oxygen atoms in total. The molecular weight excluding hydrogens is 274 g/mol. The zero-order valence-corrected chi connectivity index (χ0v) is 11.9. The highest BCUT2D eigenvalue weighted by molar-refractivity contribution is 6.29. The molecule has 0 aliphatic rings. The SMILES string of the molecule is CCc1cccc(CNc2cc(Cl)ncc2C(N)=O)c1. The van der Waals surface area contributed by atoms with Gasteiger partial charge in [-0.2, -0.15) is 0 Å². The Labute approximate surface area is 123 Å². The number of nitrogens with one attached hydrogen (secondary N) is 1. The summed E-state index contributed by atoms with van der Waals surface area (Å²) in [7, 11) is 0. The quantitative estimate of drug-likeness (QED) is 0.832. The third kappa shape index (κ3) is 3.48. The van der Waals surface area contributed by atoms with E-state index in [4.69, 9.17) is 17.3 Å². The number of anilines is 1. The van der Waals surface area contributed by atoms with E-state index in [1.165, 1.54) is 11.8 Å². The number of hydrogen-bond acceptors (Lipinski definition) is 3. The minimum Gasteiger partial charge on any atom is -0.380 e. The fourth-order valence-corrected chi connectivity index (χ4v) is 2.09. The van der Waals surface area contributed by atoms with E-state index in [1.54, 1.807) is 6.07 Å². The molecule has 0 fully saturated rings. The van der Waals surface area contributed by atoms with Crippen LogP contribution in [-0.4, -0.2) is 10.9 Å². The molecule has 0 radical (unpaired) electrons. The number of nitrogens with zero attached hydrogens (tertiary/aromatic N) is 1. The summed E-state index contributed by atoms with van der Waals surface area (Å²) in [6, 6.07) is 9.86. The molecule has 20 heavy (non-hydrogen) atoms. The molecular formula is C15H16ClN3O. The molecule has 3 N–H and O–H groups in total. The van der Waals surface area contributed by atoms with Crippen LogP contribution >= 0.6 is 11.6 Å². The Morgan fingerprint density at radius 2 is 2.10 bits per heavy atom. The summed E-state index contributed by atoms with van der Waals surface area (Å²) in [5.41, 5.74) is 8.65. The number of rotatable bonds is 5. The molecule has 1 aromatic carbocycles. The molecule has 2 aromatic rings. The van der Waals surface area contributed by atoms with Gasteiger partial charge < -0.3 is 11.1 Å². The third-order valence-corrected chi connectivity index (χ3v) is 3.23. The first-order chi connectivity index (χ1) is 9.60. The number of aromatic nitrogens is 1. The topological polar surface area (TPSA) is 68.0 Å². The van der Waals surface area contributed by atoms with E-state index in [0.29, 0.717) is 22.9 Å². The molecule has 0 bridgehead atoms. The standard InChI is InChI=1S/C15H16ClN3O/c1-2-10-4-3-5-11(6-10)8-18-13-7-14(16)19-9-12(13)15(17)20/h3-7,9H,2,8H2,1H3,(H2,17,20)(H,18,19). The lowest BCUT2D eigenvalue weighted by Crippen LogP contribution is -2.15. The highest BCUT2D eigenvalue weighted by Crippen LogP contribution is 2.19. The van der Waals surface area contributed by atoms with Gasteiger partial charge in [-0.05, 0) is 23.6 Å². The lowest BCUT2D eigenvalue weighted by Gasteiger charge is -2.11. The van der Waals surface area contributed by atoms with Gasteiger partial charge in [-0.25, -0.2) is 4.98 Å². The van der Waals surface area contributed by atoms with Crippen LogP contribution < -0.4 is 11.1 Å². The van der Waals surface area contributed by atoms with Crippen molar-refractivity contribution in [3.63, 3.8) is 0 Å². The molecule has 0 spiro atoms. The Hall–Kier alpha value is -2.07. The lowest BCUT2D eigenvalue weighted by molar-refractivity contribution is 0.100. The smallest absolute Gasteiger partial charge is 0.252 e. The number of benzene rings is 1. The van der Waals surface area contributed by atoms with E-state index in [0.717, 1.165) is 12.0 Å². The van der Waals surface area contributed by atoms with Gasteiger partial charge in [-0.3, -0.25) is 4.79 Å². The van der Waals surface area contributed by atoms with E-state index < -0.39 is 5.91 Å². The van der Waals surface area contributed by atoms with Gasteiger partial charge in [0.1, 0.15) is 5.15 Å². The van der Waals surface area contributed by atoms with Crippen LogP contribution in [0.5, 0.6) is 0 Å². The van der Waals surface area contributed by atoms with E-state index in [1.807, 2.05) is 12.1 Å². The van der Waals surface area contributed by atoms with Gasteiger partial charge in [0, 0.05) is 12.7 Å². The average Bonchev–Trinajstić information content (AvgIpc) is 2.45. The van der Waals surface area contributed by atoms with Crippen molar-refractivity contribution in [3.8, 4) is 0 Å². The second-order valence-electron chi connectivity index (χ2n) is 4.44. The number of hydrogen-bond donors (Lipinski definition) is 2. The highest BCUT2D eigenvalue weighted by Gasteiger charge is 2.09. The molecule has 0 atom stereocenters. The Morgan fingerprint density at radius 3 is 2.80 bits per heavy atom. The van der Waals surface area contributed by atoms with Crippen molar-refractivity contribution in [1.82, 2.24) is 4.98 Å². The number of aryl methyl sites for hydroxylation is 1. The minimum absolute atomic E-state index is 0.319. The van der Waals surface area contributed by atoms with Crippen molar-refractivity contribution in [1.29, 1.82) is 0 Å². The molecule has 1 amide bonds. The summed E-state index contributed by atoms with van der Waals surface area (Å²) < 4.78 is 0. The number of nitrogens with two attached hydrogens (primary N) is 1. The van der Waals surface area contributed by atoms with Gasteiger partial charge >= 0.3 is 0 Å². The van der Waals surface area contributed by atoms with E-state index >= 15 is 0 Å². The lowest BCUT2D eigenvalue weighted by atomic mass is 10.1. The highest BCUT2D eigenvalue weighted by atomic mass is 35.5. The molecule has 1 heterocycles.